The third-order valence-corrected chi connectivity index (χ3v) is 2.87. The minimum absolute atomic E-state index is 0. The number of aryl methyl sites for hydroxylation is 1. The van der Waals surface area contributed by atoms with Crippen LogP contribution in [0.1, 0.15) is 18.3 Å². The molecule has 0 bridgehead atoms. The Hall–Kier alpha value is -1.46. The Bertz CT molecular complexity index is 544. The maximum absolute atomic E-state index is 13.9. The van der Waals surface area contributed by atoms with Crippen LogP contribution in [-0.4, -0.2) is 23.2 Å². The van der Waals surface area contributed by atoms with E-state index < -0.39 is 0 Å². The zero-order valence-electron chi connectivity index (χ0n) is 11.1. The van der Waals surface area contributed by atoms with Crippen molar-refractivity contribution in [3.05, 3.63) is 35.4 Å². The van der Waals surface area contributed by atoms with Gasteiger partial charge in [-0.2, -0.15) is 4.98 Å². The van der Waals surface area contributed by atoms with E-state index in [1.54, 1.807) is 25.1 Å². The summed E-state index contributed by atoms with van der Waals surface area (Å²) in [4.78, 5) is 4.21. The summed E-state index contributed by atoms with van der Waals surface area (Å²) >= 11 is 0. The van der Waals surface area contributed by atoms with Crippen molar-refractivity contribution in [2.45, 2.75) is 26.3 Å². The minimum atomic E-state index is -0.311. The van der Waals surface area contributed by atoms with Gasteiger partial charge in [-0.25, -0.2) is 4.39 Å². The second-order valence-corrected chi connectivity index (χ2v) is 4.35. The molecule has 0 fully saturated rings. The molecule has 0 radical (unpaired) electrons. The minimum Gasteiger partial charge on any atom is -0.334 e. The fourth-order valence-electron chi connectivity index (χ4n) is 1.63. The Kier molecular flexibility index (Phi) is 5.44. The molecule has 0 aliphatic carbocycles. The Morgan fingerprint density at radius 3 is 2.84 bits per heavy atom. The lowest BCUT2D eigenvalue weighted by atomic mass is 10.1. The Morgan fingerprint density at radius 2 is 2.16 bits per heavy atom. The molecule has 6 heteroatoms. The monoisotopic (exact) mass is 285 g/mol. The van der Waals surface area contributed by atoms with Gasteiger partial charge < -0.3 is 9.84 Å². The predicted molar refractivity (Wildman–Crippen MR) is 73.9 cm³/mol. The lowest BCUT2D eigenvalue weighted by Crippen LogP contribution is -2.24. The zero-order valence-corrected chi connectivity index (χ0v) is 11.9. The van der Waals surface area contributed by atoms with E-state index in [-0.39, 0.29) is 30.2 Å². The van der Waals surface area contributed by atoms with Gasteiger partial charge in [0.25, 0.3) is 5.89 Å². The Labute approximate surface area is 117 Å². The van der Waals surface area contributed by atoms with E-state index in [4.69, 9.17) is 4.52 Å². The molecule has 4 nitrogen and oxygen atoms in total. The van der Waals surface area contributed by atoms with Crippen LogP contribution in [0.3, 0.4) is 0 Å². The van der Waals surface area contributed by atoms with E-state index in [1.165, 1.54) is 0 Å². The molecule has 1 heterocycles. The summed E-state index contributed by atoms with van der Waals surface area (Å²) < 4.78 is 19.0. The summed E-state index contributed by atoms with van der Waals surface area (Å²) in [6.45, 7) is 3.72. The lowest BCUT2D eigenvalue weighted by molar-refractivity contribution is 0.416. The molecule has 1 aromatic heterocycles. The number of halogens is 2. The first-order valence-electron chi connectivity index (χ1n) is 5.87. The zero-order chi connectivity index (χ0) is 13.1. The van der Waals surface area contributed by atoms with Crippen LogP contribution >= 0.6 is 12.4 Å². The molecule has 1 N–H and O–H groups in total. The predicted octanol–water partition coefficient (Wildman–Crippen LogP) is 2.76. The fraction of sp³-hybridized carbons (Fsp3) is 0.385. The second kappa shape index (κ2) is 6.63. The first kappa shape index (κ1) is 15.6. The van der Waals surface area contributed by atoms with E-state index >= 15 is 0 Å². The van der Waals surface area contributed by atoms with E-state index in [2.05, 4.69) is 15.5 Å². The molecule has 0 saturated carbocycles. The van der Waals surface area contributed by atoms with Gasteiger partial charge in [0.05, 0.1) is 5.56 Å². The number of rotatable bonds is 4. The average molecular weight is 286 g/mol. The second-order valence-electron chi connectivity index (χ2n) is 4.35. The molecule has 19 heavy (non-hydrogen) atoms. The van der Waals surface area contributed by atoms with Gasteiger partial charge in [-0.1, -0.05) is 17.3 Å². The van der Waals surface area contributed by atoms with Gasteiger partial charge in [0, 0.05) is 12.5 Å². The highest BCUT2D eigenvalue weighted by atomic mass is 35.5. The molecule has 1 atom stereocenters. The van der Waals surface area contributed by atoms with Crippen molar-refractivity contribution >= 4 is 12.4 Å². The summed E-state index contributed by atoms with van der Waals surface area (Å²) in [5.41, 5.74) is 0.918. The molecule has 1 aromatic carbocycles. The number of benzene rings is 1. The SMILES string of the molecule is CNC(C)Cc1noc(-c2cccc(C)c2F)n1.Cl. The van der Waals surface area contributed by atoms with Gasteiger partial charge in [0.15, 0.2) is 5.82 Å². The summed E-state index contributed by atoms with van der Waals surface area (Å²) in [6.07, 6.45) is 0.646. The van der Waals surface area contributed by atoms with Crippen LogP contribution in [-0.2, 0) is 6.42 Å². The van der Waals surface area contributed by atoms with Gasteiger partial charge in [0.1, 0.15) is 5.82 Å². The van der Waals surface area contributed by atoms with Crippen molar-refractivity contribution in [1.82, 2.24) is 15.5 Å². The van der Waals surface area contributed by atoms with Gasteiger partial charge in [-0.15, -0.1) is 12.4 Å². The summed E-state index contributed by atoms with van der Waals surface area (Å²) in [6, 6.07) is 5.37. The van der Waals surface area contributed by atoms with Crippen LogP contribution in [0.15, 0.2) is 22.7 Å². The van der Waals surface area contributed by atoms with E-state index in [1.807, 2.05) is 14.0 Å². The maximum atomic E-state index is 13.9. The quantitative estimate of drug-likeness (QED) is 0.938. The van der Waals surface area contributed by atoms with Crippen LogP contribution in [0.5, 0.6) is 0 Å². The number of nitrogens with one attached hydrogen (secondary N) is 1. The van der Waals surface area contributed by atoms with Gasteiger partial charge >= 0.3 is 0 Å². The van der Waals surface area contributed by atoms with Gasteiger partial charge in [-0.05, 0) is 32.5 Å². The van der Waals surface area contributed by atoms with Gasteiger partial charge in [-0.3, -0.25) is 0 Å². The molecule has 0 amide bonds. The molecule has 0 saturated heterocycles. The highest BCUT2D eigenvalue weighted by molar-refractivity contribution is 5.85. The first-order chi connectivity index (χ1) is 8.61. The Balaban J connectivity index is 0.00000180. The van der Waals surface area contributed by atoms with Gasteiger partial charge in [0.2, 0.25) is 0 Å². The lowest BCUT2D eigenvalue weighted by Gasteiger charge is -2.04. The van der Waals surface area contributed by atoms with Crippen molar-refractivity contribution in [2.75, 3.05) is 7.05 Å². The maximum Gasteiger partial charge on any atom is 0.260 e. The summed E-state index contributed by atoms with van der Waals surface area (Å²) in [7, 11) is 1.87. The van der Waals surface area contributed by atoms with E-state index in [9.17, 15) is 4.39 Å². The molecular weight excluding hydrogens is 269 g/mol. The molecule has 0 spiro atoms. The number of likely N-dealkylation sites (N-methyl/N-ethyl adjacent to an activating group) is 1. The topological polar surface area (TPSA) is 51.0 Å². The summed E-state index contributed by atoms with van der Waals surface area (Å²) in [5, 5.41) is 6.95. The normalized spacial score (nSPS) is 12.0. The third kappa shape index (κ3) is 3.52. The molecule has 1 unspecified atom stereocenters. The van der Waals surface area contributed by atoms with E-state index in [0.717, 1.165) is 0 Å². The molecule has 104 valence electrons. The van der Waals surface area contributed by atoms with Crippen molar-refractivity contribution in [3.8, 4) is 11.5 Å². The number of hydrogen-bond donors (Lipinski definition) is 1. The van der Waals surface area contributed by atoms with Crippen molar-refractivity contribution < 1.29 is 8.91 Å². The highest BCUT2D eigenvalue weighted by Crippen LogP contribution is 2.23. The average Bonchev–Trinajstić information content (AvgIpc) is 2.80. The van der Waals surface area contributed by atoms with Crippen LogP contribution in [0.25, 0.3) is 11.5 Å². The number of hydrogen-bond acceptors (Lipinski definition) is 4. The number of aromatic nitrogens is 2. The van der Waals surface area contributed by atoms with Crippen LogP contribution in [0.2, 0.25) is 0 Å². The largest absolute Gasteiger partial charge is 0.334 e. The van der Waals surface area contributed by atoms with E-state index in [0.29, 0.717) is 23.4 Å². The van der Waals surface area contributed by atoms with Crippen LogP contribution in [0, 0.1) is 12.7 Å². The molecule has 2 aromatic rings. The van der Waals surface area contributed by atoms with Crippen molar-refractivity contribution in [2.24, 2.45) is 0 Å². The molecular formula is C13H17ClFN3O. The molecule has 2 rings (SSSR count). The smallest absolute Gasteiger partial charge is 0.260 e. The summed E-state index contributed by atoms with van der Waals surface area (Å²) in [5.74, 6) is 0.497. The Morgan fingerprint density at radius 1 is 1.42 bits per heavy atom. The van der Waals surface area contributed by atoms with Crippen LogP contribution < -0.4 is 5.32 Å². The molecule has 0 aliphatic heterocycles. The van der Waals surface area contributed by atoms with Crippen molar-refractivity contribution in [1.29, 1.82) is 0 Å². The van der Waals surface area contributed by atoms with Crippen LogP contribution in [0.4, 0.5) is 4.39 Å². The fourth-order valence-corrected chi connectivity index (χ4v) is 1.63. The standard InChI is InChI=1S/C13H16FN3O.ClH/c1-8-5-4-6-10(12(8)14)13-16-11(17-18-13)7-9(2)15-3;/h4-6,9,15H,7H2,1-3H3;1H. The van der Waals surface area contributed by atoms with Crippen molar-refractivity contribution in [3.63, 3.8) is 0 Å². The first-order valence-corrected chi connectivity index (χ1v) is 5.87. The third-order valence-electron chi connectivity index (χ3n) is 2.87. The number of nitrogens with zero attached hydrogens (tertiary/aromatic N) is 2. The highest BCUT2D eigenvalue weighted by Gasteiger charge is 2.15. The molecule has 0 aliphatic rings.